The number of rotatable bonds is 20. The highest BCUT2D eigenvalue weighted by Crippen LogP contribution is 2.24. The largest absolute Gasteiger partial charge is 0.465 e. The first-order valence-electron chi connectivity index (χ1n) is 10.8. The Morgan fingerprint density at radius 1 is 0.867 bits per heavy atom. The zero-order chi connectivity index (χ0) is 22.5. The zero-order valence-corrected chi connectivity index (χ0v) is 22.2. The lowest BCUT2D eigenvalue weighted by Gasteiger charge is -2.16. The number of thioether (sulfide) groups is 2. The quantitative estimate of drug-likeness (QED) is 0.152. The Hall–Kier alpha value is -0.0300. The lowest BCUT2D eigenvalue weighted by Crippen LogP contribution is -2.39. The molecule has 0 aromatic carbocycles. The summed E-state index contributed by atoms with van der Waals surface area (Å²) in [5, 5.41) is 5.70. The Labute approximate surface area is 195 Å². The van der Waals surface area contributed by atoms with Crippen molar-refractivity contribution in [2.75, 3.05) is 49.3 Å². The standard InChI is InChI=1S/C20H40N2O4P2S2/c1-2-26-20(25)16-22-19(24)15-21-18(23)8-4-3-7-17(30-13-6-11-28)9-14-29-12-5-10-27/h17H,2-16,27-28H2,1H3,(H,21,23)(H,22,24). The molecule has 2 N–H and O–H groups in total. The molecular formula is C20H40N2O4P2S2. The second-order valence-electron chi connectivity index (χ2n) is 6.78. The maximum atomic E-state index is 11.9. The maximum Gasteiger partial charge on any atom is 0.325 e. The van der Waals surface area contributed by atoms with Crippen LogP contribution in [0.5, 0.6) is 0 Å². The summed E-state index contributed by atoms with van der Waals surface area (Å²) in [5.41, 5.74) is 0. The van der Waals surface area contributed by atoms with Crippen LogP contribution in [0.2, 0.25) is 0 Å². The van der Waals surface area contributed by atoms with Crippen LogP contribution in [0.25, 0.3) is 0 Å². The molecular weight excluding hydrogens is 458 g/mol. The zero-order valence-electron chi connectivity index (χ0n) is 18.3. The number of esters is 1. The minimum atomic E-state index is -0.481. The number of amides is 2. The molecule has 0 spiro atoms. The summed E-state index contributed by atoms with van der Waals surface area (Å²) in [6.07, 6.45) is 9.47. The van der Waals surface area contributed by atoms with Gasteiger partial charge in [0.1, 0.15) is 6.54 Å². The molecule has 0 fully saturated rings. The van der Waals surface area contributed by atoms with Crippen LogP contribution in [0.15, 0.2) is 0 Å². The topological polar surface area (TPSA) is 84.5 Å². The predicted molar refractivity (Wildman–Crippen MR) is 138 cm³/mol. The fraction of sp³-hybridized carbons (Fsp3) is 0.850. The van der Waals surface area contributed by atoms with E-state index in [0.717, 1.165) is 25.4 Å². The van der Waals surface area contributed by atoms with Crippen LogP contribution in [0.1, 0.15) is 51.9 Å². The molecule has 176 valence electrons. The predicted octanol–water partition coefficient (Wildman–Crippen LogP) is 3.10. The number of ether oxygens (including phenoxy) is 1. The summed E-state index contributed by atoms with van der Waals surface area (Å²) >= 11 is 4.12. The average molecular weight is 499 g/mol. The van der Waals surface area contributed by atoms with Crippen LogP contribution in [0, 0.1) is 0 Å². The van der Waals surface area contributed by atoms with Crippen LogP contribution in [0.3, 0.4) is 0 Å². The van der Waals surface area contributed by atoms with Crippen molar-refractivity contribution in [1.82, 2.24) is 10.6 Å². The number of carbonyl (C=O) groups excluding carboxylic acids is 3. The van der Waals surface area contributed by atoms with Gasteiger partial charge in [0.05, 0.1) is 13.2 Å². The van der Waals surface area contributed by atoms with Crippen LogP contribution in [-0.2, 0) is 19.1 Å². The van der Waals surface area contributed by atoms with Crippen molar-refractivity contribution in [2.45, 2.75) is 57.1 Å². The molecule has 0 aliphatic rings. The lowest BCUT2D eigenvalue weighted by molar-refractivity contribution is -0.143. The van der Waals surface area contributed by atoms with E-state index in [4.69, 9.17) is 4.74 Å². The molecule has 0 bridgehead atoms. The van der Waals surface area contributed by atoms with Crippen molar-refractivity contribution in [3.05, 3.63) is 0 Å². The Bertz CT molecular complexity index is 474. The summed E-state index contributed by atoms with van der Waals surface area (Å²) in [6, 6.07) is 0. The summed E-state index contributed by atoms with van der Waals surface area (Å²) < 4.78 is 4.73. The SMILES string of the molecule is CCOC(=O)CNC(=O)CNC(=O)CCCCC(CCSCCCP)SCCCP. The number of unbranched alkanes of at least 4 members (excludes halogenated alkanes) is 1. The first-order valence-corrected chi connectivity index (χ1v) is 14.7. The molecule has 0 rings (SSSR count). The molecule has 2 amide bonds. The van der Waals surface area contributed by atoms with Gasteiger partial charge in [0.15, 0.2) is 0 Å². The Balaban J connectivity index is 3.92. The maximum absolute atomic E-state index is 11.9. The van der Waals surface area contributed by atoms with Gasteiger partial charge in [-0.1, -0.05) is 6.42 Å². The highest BCUT2D eigenvalue weighted by molar-refractivity contribution is 8.00. The second-order valence-corrected chi connectivity index (χ2v) is 10.6. The van der Waals surface area contributed by atoms with Crippen LogP contribution in [-0.4, -0.2) is 72.3 Å². The third-order valence-electron chi connectivity index (χ3n) is 4.14. The second kappa shape index (κ2) is 22.2. The monoisotopic (exact) mass is 498 g/mol. The summed E-state index contributed by atoms with van der Waals surface area (Å²) in [5.74, 6) is 2.66. The van der Waals surface area contributed by atoms with Gasteiger partial charge in [0, 0.05) is 11.7 Å². The van der Waals surface area contributed by atoms with Crippen molar-refractivity contribution < 1.29 is 19.1 Å². The van der Waals surface area contributed by atoms with Crippen molar-refractivity contribution in [3.8, 4) is 0 Å². The molecule has 0 saturated carbocycles. The highest BCUT2D eigenvalue weighted by Gasteiger charge is 2.11. The van der Waals surface area contributed by atoms with E-state index in [0.29, 0.717) is 11.7 Å². The van der Waals surface area contributed by atoms with Crippen molar-refractivity contribution in [1.29, 1.82) is 0 Å². The van der Waals surface area contributed by atoms with E-state index in [1.165, 1.54) is 42.7 Å². The molecule has 0 aromatic heterocycles. The van der Waals surface area contributed by atoms with Gasteiger partial charge in [0.2, 0.25) is 11.8 Å². The van der Waals surface area contributed by atoms with E-state index >= 15 is 0 Å². The molecule has 0 aliphatic heterocycles. The van der Waals surface area contributed by atoms with Crippen LogP contribution in [0.4, 0.5) is 0 Å². The third kappa shape index (κ3) is 19.9. The van der Waals surface area contributed by atoms with E-state index in [1.807, 2.05) is 11.8 Å². The number of hydrogen-bond donors (Lipinski definition) is 2. The molecule has 0 aromatic rings. The molecule has 10 heteroatoms. The van der Waals surface area contributed by atoms with Crippen LogP contribution < -0.4 is 10.6 Å². The van der Waals surface area contributed by atoms with Gasteiger partial charge < -0.3 is 15.4 Å². The average Bonchev–Trinajstić information content (AvgIpc) is 2.73. The Morgan fingerprint density at radius 2 is 1.57 bits per heavy atom. The number of nitrogens with one attached hydrogen (secondary N) is 2. The van der Waals surface area contributed by atoms with Gasteiger partial charge in [-0.05, 0) is 68.6 Å². The third-order valence-corrected chi connectivity index (χ3v) is 7.53. The fourth-order valence-corrected chi connectivity index (χ4v) is 5.98. The van der Waals surface area contributed by atoms with Crippen molar-refractivity contribution in [2.24, 2.45) is 0 Å². The minimum Gasteiger partial charge on any atom is -0.465 e. The number of carbonyl (C=O) groups is 3. The van der Waals surface area contributed by atoms with Crippen molar-refractivity contribution in [3.63, 3.8) is 0 Å². The number of hydrogen-bond acceptors (Lipinski definition) is 6. The highest BCUT2D eigenvalue weighted by atomic mass is 32.2. The molecule has 30 heavy (non-hydrogen) atoms. The first kappa shape index (κ1) is 30.0. The molecule has 3 atom stereocenters. The van der Waals surface area contributed by atoms with Crippen LogP contribution >= 0.6 is 42.0 Å². The molecule has 0 saturated heterocycles. The smallest absolute Gasteiger partial charge is 0.325 e. The van der Waals surface area contributed by atoms with E-state index in [9.17, 15) is 14.4 Å². The Kier molecular flexibility index (Phi) is 22.2. The van der Waals surface area contributed by atoms with E-state index < -0.39 is 5.97 Å². The van der Waals surface area contributed by atoms with Gasteiger partial charge in [-0.15, -0.1) is 18.5 Å². The van der Waals surface area contributed by atoms with Gasteiger partial charge in [0.25, 0.3) is 0 Å². The first-order chi connectivity index (χ1) is 14.5. The van der Waals surface area contributed by atoms with E-state index in [2.05, 4.69) is 40.9 Å². The van der Waals surface area contributed by atoms with Gasteiger partial charge in [-0.3, -0.25) is 14.4 Å². The molecule has 3 unspecified atom stereocenters. The molecule has 0 radical (unpaired) electrons. The van der Waals surface area contributed by atoms with E-state index in [-0.39, 0.29) is 31.5 Å². The van der Waals surface area contributed by atoms with Crippen molar-refractivity contribution >= 4 is 59.8 Å². The van der Waals surface area contributed by atoms with E-state index in [1.54, 1.807) is 6.92 Å². The molecule has 6 nitrogen and oxygen atoms in total. The summed E-state index contributed by atoms with van der Waals surface area (Å²) in [4.78, 5) is 34.7. The molecule has 0 aliphatic carbocycles. The molecule has 0 heterocycles. The summed E-state index contributed by atoms with van der Waals surface area (Å²) in [6.45, 7) is 1.70. The fourth-order valence-electron chi connectivity index (χ4n) is 2.52. The van der Waals surface area contributed by atoms with Gasteiger partial charge in [-0.25, -0.2) is 0 Å². The Morgan fingerprint density at radius 3 is 2.27 bits per heavy atom. The summed E-state index contributed by atoms with van der Waals surface area (Å²) in [7, 11) is 5.57. The van der Waals surface area contributed by atoms with Gasteiger partial charge in [-0.2, -0.15) is 23.5 Å². The lowest BCUT2D eigenvalue weighted by atomic mass is 10.1. The van der Waals surface area contributed by atoms with Gasteiger partial charge >= 0.3 is 5.97 Å². The normalized spacial score (nSPS) is 11.7. The minimum absolute atomic E-state index is 0.112.